The monoisotopic (exact) mass is 416 g/mol. The maximum absolute atomic E-state index is 14.2. The van der Waals surface area contributed by atoms with Crippen LogP contribution in [0.3, 0.4) is 0 Å². The number of aliphatic hydroxyl groups is 1. The number of methoxy groups -OCH3 is 1. The fourth-order valence-electron chi connectivity index (χ4n) is 7.47. The van der Waals surface area contributed by atoms with E-state index in [1.807, 2.05) is 39.8 Å². The largest absolute Gasteiger partial charge is 0.392 e. The highest BCUT2D eigenvalue weighted by Crippen LogP contribution is 2.72. The van der Waals surface area contributed by atoms with Crippen molar-refractivity contribution in [2.24, 2.45) is 35.0 Å². The number of fused-ring (bicyclic) bond motifs is 4. The molecule has 2 aliphatic heterocycles. The zero-order valence-electron chi connectivity index (χ0n) is 17.8. The molecule has 4 aliphatic carbocycles. The number of ether oxygens (including phenoxy) is 2. The second-order valence-electron chi connectivity index (χ2n) is 10.6. The van der Waals surface area contributed by atoms with Gasteiger partial charge in [-0.05, 0) is 27.7 Å². The second-order valence-corrected chi connectivity index (χ2v) is 10.6. The molecular weight excluding hydrogens is 388 g/mol. The van der Waals surface area contributed by atoms with Gasteiger partial charge in [0.1, 0.15) is 24.4 Å². The molecular formula is C23H28O7. The van der Waals surface area contributed by atoms with Crippen LogP contribution in [0.1, 0.15) is 27.7 Å². The molecule has 0 aromatic heterocycles. The molecule has 2 heterocycles. The van der Waals surface area contributed by atoms with E-state index in [9.17, 15) is 14.7 Å². The molecule has 6 aliphatic rings. The van der Waals surface area contributed by atoms with Crippen LogP contribution in [0.25, 0.3) is 0 Å². The molecule has 1 spiro atoms. The Kier molecular flexibility index (Phi) is 3.67. The number of carbonyl (C=O) groups is 2. The van der Waals surface area contributed by atoms with Gasteiger partial charge in [-0.1, -0.05) is 17.7 Å². The van der Waals surface area contributed by atoms with Crippen molar-refractivity contribution in [1.82, 2.24) is 0 Å². The summed E-state index contributed by atoms with van der Waals surface area (Å²) < 4.78 is 11.6. The van der Waals surface area contributed by atoms with Gasteiger partial charge in [0.25, 0.3) is 0 Å². The fraction of sp³-hybridized carbons (Fsp3) is 0.739. The first-order valence-electron chi connectivity index (χ1n) is 10.8. The number of hydrogen-bond acceptors (Lipinski definition) is 7. The highest BCUT2D eigenvalue weighted by Gasteiger charge is 2.82. The molecule has 0 radical (unpaired) electrons. The first kappa shape index (κ1) is 19.3. The van der Waals surface area contributed by atoms with E-state index in [1.165, 1.54) is 0 Å². The quantitative estimate of drug-likeness (QED) is 0.422. The normalized spacial score (nSPS) is 52.5. The maximum atomic E-state index is 14.2. The maximum Gasteiger partial charge on any atom is 0.190 e. The third-order valence-electron chi connectivity index (χ3n) is 8.73. The third-order valence-corrected chi connectivity index (χ3v) is 8.73. The Morgan fingerprint density at radius 3 is 2.60 bits per heavy atom. The van der Waals surface area contributed by atoms with Crippen molar-refractivity contribution in [3.8, 4) is 0 Å². The van der Waals surface area contributed by atoms with Gasteiger partial charge in [0, 0.05) is 36.4 Å². The van der Waals surface area contributed by atoms with Gasteiger partial charge < -0.3 is 14.6 Å². The summed E-state index contributed by atoms with van der Waals surface area (Å²) in [7, 11) is 1.63. The Bertz CT molecular complexity index is 915. The Morgan fingerprint density at radius 2 is 1.93 bits per heavy atom. The highest BCUT2D eigenvalue weighted by molar-refractivity contribution is 6.10. The lowest BCUT2D eigenvalue weighted by Crippen LogP contribution is -2.63. The smallest absolute Gasteiger partial charge is 0.190 e. The van der Waals surface area contributed by atoms with Gasteiger partial charge in [-0.25, -0.2) is 9.78 Å². The molecule has 0 aromatic rings. The van der Waals surface area contributed by atoms with Crippen LogP contribution in [0.2, 0.25) is 0 Å². The average molecular weight is 416 g/mol. The molecule has 2 saturated heterocycles. The van der Waals surface area contributed by atoms with E-state index in [0.717, 1.165) is 5.57 Å². The van der Waals surface area contributed by atoms with Gasteiger partial charge in [-0.2, -0.15) is 0 Å². The Balaban J connectivity index is 1.67. The molecule has 3 saturated carbocycles. The van der Waals surface area contributed by atoms with Crippen LogP contribution in [0, 0.1) is 35.0 Å². The van der Waals surface area contributed by atoms with Crippen LogP contribution in [0.5, 0.6) is 0 Å². The van der Waals surface area contributed by atoms with Crippen LogP contribution in [0.15, 0.2) is 23.3 Å². The average Bonchev–Trinajstić information content (AvgIpc) is 3.37. The van der Waals surface area contributed by atoms with Crippen molar-refractivity contribution in [3.05, 3.63) is 23.3 Å². The van der Waals surface area contributed by atoms with Gasteiger partial charge >= 0.3 is 0 Å². The zero-order chi connectivity index (χ0) is 21.3. The van der Waals surface area contributed by atoms with E-state index < -0.39 is 47.3 Å². The summed E-state index contributed by atoms with van der Waals surface area (Å²) in [5, 5.41) is 11.4. The van der Waals surface area contributed by atoms with Gasteiger partial charge in [-0.3, -0.25) is 9.59 Å². The SMILES string of the molecule is COC(C)(C)[C@@H]1C=C2C(=O)[C@H]3O[C@H]3[C@@H]3[C@H](O)[C@@H]4[C@H]2C(=O)C12[C@@H]4[C@@H]3OO[C@H]2C=C(C)C. The molecule has 6 rings (SSSR count). The molecule has 7 heteroatoms. The minimum Gasteiger partial charge on any atom is -0.392 e. The molecule has 11 atom stereocenters. The van der Waals surface area contributed by atoms with E-state index >= 15 is 0 Å². The molecule has 1 unspecified atom stereocenters. The predicted octanol–water partition coefficient (Wildman–Crippen LogP) is 1.39. The van der Waals surface area contributed by atoms with Crippen LogP contribution in [0.4, 0.5) is 0 Å². The van der Waals surface area contributed by atoms with E-state index in [0.29, 0.717) is 5.57 Å². The zero-order valence-corrected chi connectivity index (χ0v) is 17.8. The summed E-state index contributed by atoms with van der Waals surface area (Å²) in [6.45, 7) is 7.81. The summed E-state index contributed by atoms with van der Waals surface area (Å²) in [5.41, 5.74) is -0.193. The molecule has 0 aromatic carbocycles. The minimum absolute atomic E-state index is 0.0223. The summed E-state index contributed by atoms with van der Waals surface area (Å²) in [5.74, 6) is -2.20. The standard InChI is InChI=1S/C23H28O7/c1-8(2)6-11-23-10(22(3,4)27-5)7-9-12(21(23)26)13-15(23)18(30-29-11)14(17(13)25)19-20(28-19)16(9)24/h6-7,10-15,17-20,25H,1-5H3/t10-,11-,12-,13+,14+,15-,17+,18+,19-,20+,23?/m0/s1. The summed E-state index contributed by atoms with van der Waals surface area (Å²) in [6, 6.07) is 0. The lowest BCUT2D eigenvalue weighted by molar-refractivity contribution is -0.410. The minimum atomic E-state index is -0.962. The summed E-state index contributed by atoms with van der Waals surface area (Å²) in [4.78, 5) is 39.5. The summed E-state index contributed by atoms with van der Waals surface area (Å²) in [6.07, 6.45) is 1.01. The number of carbonyl (C=O) groups excluding carboxylic acids is 2. The fourth-order valence-corrected chi connectivity index (χ4v) is 7.47. The van der Waals surface area contributed by atoms with Crippen molar-refractivity contribution < 1.29 is 33.9 Å². The predicted molar refractivity (Wildman–Crippen MR) is 103 cm³/mol. The van der Waals surface area contributed by atoms with E-state index in [1.54, 1.807) is 7.11 Å². The number of hydrogen-bond donors (Lipinski definition) is 1. The lowest BCUT2D eigenvalue weighted by atomic mass is 9.54. The molecule has 5 fully saturated rings. The Labute approximate surface area is 175 Å². The van der Waals surface area contributed by atoms with Gasteiger partial charge in [0.15, 0.2) is 11.6 Å². The first-order chi connectivity index (χ1) is 14.2. The number of epoxide rings is 1. The molecule has 4 bridgehead atoms. The third kappa shape index (κ3) is 1.95. The van der Waals surface area contributed by atoms with Crippen molar-refractivity contribution >= 4 is 11.6 Å². The summed E-state index contributed by atoms with van der Waals surface area (Å²) >= 11 is 0. The molecule has 1 N–H and O–H groups in total. The number of aliphatic hydroxyl groups excluding tert-OH is 1. The van der Waals surface area contributed by atoms with Gasteiger partial charge in [-0.15, -0.1) is 0 Å². The molecule has 162 valence electrons. The Morgan fingerprint density at radius 1 is 1.20 bits per heavy atom. The number of Topliss-reactive ketones (excluding diaryl/α,β-unsaturated/α-hetero) is 2. The lowest BCUT2D eigenvalue weighted by Gasteiger charge is -2.54. The molecule has 30 heavy (non-hydrogen) atoms. The highest BCUT2D eigenvalue weighted by atomic mass is 17.2. The van der Waals surface area contributed by atoms with Gasteiger partial charge in [0.2, 0.25) is 0 Å². The van der Waals surface area contributed by atoms with Crippen LogP contribution < -0.4 is 0 Å². The van der Waals surface area contributed by atoms with Crippen LogP contribution >= 0.6 is 0 Å². The van der Waals surface area contributed by atoms with E-state index in [4.69, 9.17) is 19.2 Å². The second kappa shape index (κ2) is 5.70. The van der Waals surface area contributed by atoms with Crippen molar-refractivity contribution in [3.63, 3.8) is 0 Å². The Hall–Kier alpha value is -1.38. The number of rotatable bonds is 3. The van der Waals surface area contributed by atoms with Crippen molar-refractivity contribution in [2.75, 3.05) is 7.11 Å². The van der Waals surface area contributed by atoms with E-state index in [-0.39, 0.29) is 35.4 Å². The van der Waals surface area contributed by atoms with Crippen molar-refractivity contribution in [2.45, 2.75) is 63.8 Å². The van der Waals surface area contributed by atoms with Crippen LogP contribution in [-0.2, 0) is 28.8 Å². The molecule has 7 nitrogen and oxygen atoms in total. The van der Waals surface area contributed by atoms with Crippen molar-refractivity contribution in [1.29, 1.82) is 0 Å². The van der Waals surface area contributed by atoms with Gasteiger partial charge in [0.05, 0.1) is 23.0 Å². The number of allylic oxidation sites excluding steroid dienone is 1. The van der Waals surface area contributed by atoms with E-state index in [2.05, 4.69) is 0 Å². The van der Waals surface area contributed by atoms with Crippen LogP contribution in [-0.4, -0.2) is 59.9 Å². The topological polar surface area (TPSA) is 94.6 Å². The first-order valence-corrected chi connectivity index (χ1v) is 10.8. The number of ketones is 2. The molecule has 0 amide bonds.